The molecular weight excluding hydrogens is 447 g/mol. The zero-order valence-electron chi connectivity index (χ0n) is 18.1. The number of rotatable bonds is 6. The Morgan fingerprint density at radius 1 is 1.14 bits per heavy atom. The van der Waals surface area contributed by atoms with Crippen LogP contribution < -0.4 is 4.74 Å². The summed E-state index contributed by atoms with van der Waals surface area (Å²) in [5, 5.41) is 0.165. The van der Waals surface area contributed by atoms with Gasteiger partial charge in [0, 0.05) is 23.1 Å². The van der Waals surface area contributed by atoms with E-state index in [9.17, 15) is 4.39 Å². The smallest absolute Gasteiger partial charge is 0.192 e. The molecule has 2 nitrogen and oxygen atoms in total. The van der Waals surface area contributed by atoms with Gasteiger partial charge in [0.1, 0.15) is 18.2 Å². The van der Waals surface area contributed by atoms with E-state index in [0.717, 1.165) is 5.56 Å². The Morgan fingerprint density at radius 3 is 2.41 bits per heavy atom. The molecule has 2 rings (SSSR count). The van der Waals surface area contributed by atoms with Crippen molar-refractivity contribution in [1.29, 1.82) is 0 Å². The van der Waals surface area contributed by atoms with Crippen LogP contribution in [0.25, 0.3) is 0 Å². The second-order valence-corrected chi connectivity index (χ2v) is 14.4. The van der Waals surface area contributed by atoms with E-state index in [0.29, 0.717) is 29.0 Å². The largest absolute Gasteiger partial charge is 0.487 e. The average molecular weight is 477 g/mol. The van der Waals surface area contributed by atoms with Crippen molar-refractivity contribution >= 4 is 24.2 Å². The van der Waals surface area contributed by atoms with Crippen LogP contribution in [0.2, 0.25) is 18.1 Å². The Balaban J connectivity index is 2.14. The predicted octanol–water partition coefficient (Wildman–Crippen LogP) is 7.18. The third-order valence-corrected chi connectivity index (χ3v) is 10.3. The van der Waals surface area contributed by atoms with Gasteiger partial charge in [-0.05, 0) is 52.6 Å². The molecule has 156 valence electrons. The molecule has 0 aliphatic heterocycles. The lowest BCUT2D eigenvalue weighted by molar-refractivity contribution is 0.263. The van der Waals surface area contributed by atoms with Gasteiger partial charge < -0.3 is 9.16 Å². The molecule has 0 heterocycles. The van der Waals surface area contributed by atoms with E-state index in [2.05, 4.69) is 61.6 Å². The standard InChI is InChI=1S/C24H30BrFO2Si/c1-18(16-28-29(5,6)24(2,3)4)12-13-21-22(25)14-20(26)15-23(21)27-17-19-10-8-7-9-11-19/h7-11,14-15,18H,16-17H2,1-6H3. The number of benzene rings is 2. The highest BCUT2D eigenvalue weighted by Gasteiger charge is 2.37. The Hall–Kier alpha value is -1.61. The molecule has 0 radical (unpaired) electrons. The van der Waals surface area contributed by atoms with Crippen LogP contribution in [0.1, 0.15) is 38.8 Å². The predicted molar refractivity (Wildman–Crippen MR) is 124 cm³/mol. The van der Waals surface area contributed by atoms with Crippen LogP contribution in [-0.2, 0) is 11.0 Å². The SMILES string of the molecule is CC(C#Cc1c(Br)cc(F)cc1OCc1ccccc1)CO[Si](C)(C)C(C)(C)C. The third kappa shape index (κ3) is 6.99. The van der Waals surface area contributed by atoms with E-state index in [1.165, 1.54) is 12.1 Å². The highest BCUT2D eigenvalue weighted by molar-refractivity contribution is 9.10. The minimum Gasteiger partial charge on any atom is -0.487 e. The molecule has 0 spiro atoms. The average Bonchev–Trinajstić information content (AvgIpc) is 2.63. The van der Waals surface area contributed by atoms with Crippen molar-refractivity contribution in [1.82, 2.24) is 0 Å². The lowest BCUT2D eigenvalue weighted by atomic mass is 10.1. The van der Waals surface area contributed by atoms with Crippen molar-refractivity contribution in [3.05, 3.63) is 63.9 Å². The summed E-state index contributed by atoms with van der Waals surface area (Å²) in [4.78, 5) is 0. The first-order valence-electron chi connectivity index (χ1n) is 9.81. The number of hydrogen-bond donors (Lipinski definition) is 0. The highest BCUT2D eigenvalue weighted by atomic mass is 79.9. The summed E-state index contributed by atoms with van der Waals surface area (Å²) in [6.07, 6.45) is 0. The first-order chi connectivity index (χ1) is 13.5. The van der Waals surface area contributed by atoms with Crippen molar-refractivity contribution in [3.63, 3.8) is 0 Å². The van der Waals surface area contributed by atoms with Crippen LogP contribution >= 0.6 is 15.9 Å². The molecule has 1 unspecified atom stereocenters. The minimum atomic E-state index is -1.81. The van der Waals surface area contributed by atoms with E-state index in [1.807, 2.05) is 37.3 Å². The van der Waals surface area contributed by atoms with Crippen molar-refractivity contribution in [2.75, 3.05) is 6.61 Å². The zero-order chi connectivity index (χ0) is 21.7. The molecule has 0 bridgehead atoms. The van der Waals surface area contributed by atoms with Crippen molar-refractivity contribution < 1.29 is 13.6 Å². The lowest BCUT2D eigenvalue weighted by Crippen LogP contribution is -2.41. The molecule has 0 N–H and O–H groups in total. The quantitative estimate of drug-likeness (QED) is 0.324. The summed E-state index contributed by atoms with van der Waals surface area (Å²) in [6, 6.07) is 12.6. The van der Waals surface area contributed by atoms with Gasteiger partial charge in [0.15, 0.2) is 8.32 Å². The Bertz CT molecular complexity index is 879. The summed E-state index contributed by atoms with van der Waals surface area (Å²) >= 11 is 3.42. The van der Waals surface area contributed by atoms with Gasteiger partial charge in [-0.15, -0.1) is 0 Å². The molecule has 0 saturated heterocycles. The second-order valence-electron chi connectivity index (χ2n) is 8.78. The zero-order valence-corrected chi connectivity index (χ0v) is 20.7. The summed E-state index contributed by atoms with van der Waals surface area (Å²) < 4.78 is 26.7. The molecule has 0 fully saturated rings. The maximum Gasteiger partial charge on any atom is 0.192 e. The molecule has 0 aromatic heterocycles. The van der Waals surface area contributed by atoms with Gasteiger partial charge in [-0.3, -0.25) is 0 Å². The fourth-order valence-corrected chi connectivity index (χ4v) is 3.92. The number of ether oxygens (including phenoxy) is 1. The molecular formula is C24H30BrFO2Si. The van der Waals surface area contributed by atoms with Crippen LogP contribution in [-0.4, -0.2) is 14.9 Å². The Kier molecular flexibility index (Phi) is 8.10. The Morgan fingerprint density at radius 2 is 1.79 bits per heavy atom. The molecule has 0 aliphatic rings. The molecule has 5 heteroatoms. The Labute approximate surface area is 184 Å². The van der Waals surface area contributed by atoms with Gasteiger partial charge in [0.2, 0.25) is 0 Å². The van der Waals surface area contributed by atoms with E-state index < -0.39 is 8.32 Å². The molecule has 1 atom stereocenters. The van der Waals surface area contributed by atoms with E-state index in [1.54, 1.807) is 0 Å². The van der Waals surface area contributed by atoms with E-state index >= 15 is 0 Å². The molecule has 29 heavy (non-hydrogen) atoms. The summed E-state index contributed by atoms with van der Waals surface area (Å²) in [7, 11) is -1.81. The van der Waals surface area contributed by atoms with Crippen LogP contribution in [0, 0.1) is 23.6 Å². The van der Waals surface area contributed by atoms with Crippen LogP contribution in [0.3, 0.4) is 0 Å². The van der Waals surface area contributed by atoms with E-state index in [4.69, 9.17) is 9.16 Å². The van der Waals surface area contributed by atoms with Gasteiger partial charge in [0.25, 0.3) is 0 Å². The van der Waals surface area contributed by atoms with Crippen molar-refractivity contribution in [3.8, 4) is 17.6 Å². The van der Waals surface area contributed by atoms with Crippen LogP contribution in [0.15, 0.2) is 46.9 Å². The normalized spacial score (nSPS) is 12.8. The lowest BCUT2D eigenvalue weighted by Gasteiger charge is -2.36. The van der Waals surface area contributed by atoms with Crippen molar-refractivity contribution in [2.45, 2.75) is 52.4 Å². The topological polar surface area (TPSA) is 18.5 Å². The van der Waals surface area contributed by atoms with Gasteiger partial charge in [-0.1, -0.05) is 62.9 Å². The second kappa shape index (κ2) is 9.93. The third-order valence-electron chi connectivity index (χ3n) is 5.20. The summed E-state index contributed by atoms with van der Waals surface area (Å²) in [5.74, 6) is 6.54. The van der Waals surface area contributed by atoms with Gasteiger partial charge in [-0.2, -0.15) is 0 Å². The van der Waals surface area contributed by atoms with Crippen molar-refractivity contribution in [2.24, 2.45) is 5.92 Å². The molecule has 0 saturated carbocycles. The monoisotopic (exact) mass is 476 g/mol. The van der Waals surface area contributed by atoms with Crippen LogP contribution in [0.5, 0.6) is 5.75 Å². The molecule has 2 aromatic rings. The first kappa shape index (κ1) is 23.7. The maximum atomic E-state index is 13.9. The number of halogens is 2. The minimum absolute atomic E-state index is 0.0584. The number of hydrogen-bond acceptors (Lipinski definition) is 2. The molecule has 2 aromatic carbocycles. The fourth-order valence-electron chi connectivity index (χ4n) is 2.31. The first-order valence-corrected chi connectivity index (χ1v) is 13.5. The van der Waals surface area contributed by atoms with Crippen LogP contribution in [0.4, 0.5) is 4.39 Å². The van der Waals surface area contributed by atoms with E-state index in [-0.39, 0.29) is 16.8 Å². The summed E-state index contributed by atoms with van der Waals surface area (Å²) in [6.45, 7) is 14.1. The van der Waals surface area contributed by atoms with Gasteiger partial charge >= 0.3 is 0 Å². The molecule has 0 aliphatic carbocycles. The molecule has 0 amide bonds. The fraction of sp³-hybridized carbons (Fsp3) is 0.417. The summed E-state index contributed by atoms with van der Waals surface area (Å²) in [5.41, 5.74) is 1.67. The van der Waals surface area contributed by atoms with Gasteiger partial charge in [0.05, 0.1) is 5.56 Å². The highest BCUT2D eigenvalue weighted by Crippen LogP contribution is 2.36. The maximum absolute atomic E-state index is 13.9. The van der Waals surface area contributed by atoms with Gasteiger partial charge in [-0.25, -0.2) is 4.39 Å².